The first-order chi connectivity index (χ1) is 13.5. The van der Waals surface area contributed by atoms with Crippen molar-refractivity contribution in [2.24, 2.45) is 0 Å². The van der Waals surface area contributed by atoms with Crippen LogP contribution in [0.3, 0.4) is 0 Å². The van der Waals surface area contributed by atoms with Crippen molar-refractivity contribution in [1.29, 1.82) is 0 Å². The van der Waals surface area contributed by atoms with Gasteiger partial charge in [0.15, 0.2) is 0 Å². The first-order valence-corrected chi connectivity index (χ1v) is 9.94. The highest BCUT2D eigenvalue weighted by Crippen LogP contribution is 2.24. The Morgan fingerprint density at radius 2 is 1.86 bits per heavy atom. The van der Waals surface area contributed by atoms with Crippen molar-refractivity contribution in [2.75, 3.05) is 6.61 Å². The fourth-order valence-corrected chi connectivity index (χ4v) is 3.53. The van der Waals surface area contributed by atoms with Crippen LogP contribution in [0.25, 0.3) is 11.0 Å². The van der Waals surface area contributed by atoms with Gasteiger partial charge in [0.2, 0.25) is 5.91 Å². The number of nitrogens with one attached hydrogen (secondary N) is 1. The second kappa shape index (κ2) is 8.91. The summed E-state index contributed by atoms with van der Waals surface area (Å²) in [5.41, 5.74) is 4.26. The Bertz CT molecular complexity index is 941. The zero-order chi connectivity index (χ0) is 20.1. The molecule has 1 aromatic heterocycles. The average Bonchev–Trinajstić information content (AvgIpc) is 3.03. The molecule has 1 N–H and O–H groups in total. The molecular formula is C23H29N3O2. The fraction of sp³-hybridized carbons (Fsp3) is 0.391. The zero-order valence-electron chi connectivity index (χ0n) is 17.2. The van der Waals surface area contributed by atoms with Gasteiger partial charge in [-0.05, 0) is 50.5 Å². The Morgan fingerprint density at radius 1 is 1.14 bits per heavy atom. The molecule has 0 radical (unpaired) electrons. The van der Waals surface area contributed by atoms with Crippen LogP contribution in [0.1, 0.15) is 49.7 Å². The minimum atomic E-state index is -0.161. The molecule has 5 nitrogen and oxygen atoms in total. The molecule has 3 rings (SSSR count). The predicted molar refractivity (Wildman–Crippen MR) is 113 cm³/mol. The van der Waals surface area contributed by atoms with Crippen LogP contribution in [0, 0.1) is 13.8 Å². The number of hydrogen-bond donors (Lipinski definition) is 1. The van der Waals surface area contributed by atoms with Gasteiger partial charge in [0.25, 0.3) is 0 Å². The molecular weight excluding hydrogens is 350 g/mol. The number of aryl methyl sites for hydroxylation is 2. The second-order valence-electron chi connectivity index (χ2n) is 7.22. The monoisotopic (exact) mass is 379 g/mol. The van der Waals surface area contributed by atoms with E-state index < -0.39 is 0 Å². The summed E-state index contributed by atoms with van der Waals surface area (Å²) < 4.78 is 8.26. The van der Waals surface area contributed by atoms with Gasteiger partial charge >= 0.3 is 0 Å². The van der Waals surface area contributed by atoms with Crippen molar-refractivity contribution in [3.8, 4) is 5.75 Å². The standard InChI is InChI=1S/C23H29N3O2/c1-5-9-21(27)24-18(4)23-25-19-12-6-7-13-20(19)26(23)14-15-28-22-16(2)10-8-11-17(22)3/h6-8,10-13,18H,5,9,14-15H2,1-4H3,(H,24,27). The maximum absolute atomic E-state index is 12.1. The fourth-order valence-electron chi connectivity index (χ4n) is 3.53. The molecule has 0 spiro atoms. The number of aromatic nitrogens is 2. The summed E-state index contributed by atoms with van der Waals surface area (Å²) >= 11 is 0. The van der Waals surface area contributed by atoms with Crippen LogP contribution in [-0.2, 0) is 11.3 Å². The SMILES string of the molecule is CCCC(=O)NC(C)c1nc2ccccc2n1CCOc1c(C)cccc1C. The molecule has 28 heavy (non-hydrogen) atoms. The summed E-state index contributed by atoms with van der Waals surface area (Å²) in [5, 5.41) is 3.06. The van der Waals surface area contributed by atoms with E-state index in [1.807, 2.05) is 38.1 Å². The number of para-hydroxylation sites is 3. The van der Waals surface area contributed by atoms with E-state index in [1.54, 1.807) is 0 Å². The number of fused-ring (bicyclic) bond motifs is 1. The lowest BCUT2D eigenvalue weighted by Crippen LogP contribution is -2.28. The molecule has 2 aromatic carbocycles. The van der Waals surface area contributed by atoms with Crippen LogP contribution in [0.15, 0.2) is 42.5 Å². The van der Waals surface area contributed by atoms with Crippen molar-refractivity contribution < 1.29 is 9.53 Å². The van der Waals surface area contributed by atoms with E-state index in [-0.39, 0.29) is 11.9 Å². The Morgan fingerprint density at radius 3 is 2.57 bits per heavy atom. The highest BCUT2D eigenvalue weighted by atomic mass is 16.5. The Labute approximate surface area is 166 Å². The molecule has 1 unspecified atom stereocenters. The van der Waals surface area contributed by atoms with Crippen molar-refractivity contribution >= 4 is 16.9 Å². The number of carbonyl (C=O) groups is 1. The van der Waals surface area contributed by atoms with Gasteiger partial charge in [-0.3, -0.25) is 4.79 Å². The number of carbonyl (C=O) groups excluding carboxylic acids is 1. The van der Waals surface area contributed by atoms with E-state index in [0.717, 1.165) is 40.2 Å². The van der Waals surface area contributed by atoms with E-state index in [2.05, 4.69) is 41.9 Å². The third-order valence-electron chi connectivity index (χ3n) is 4.90. The van der Waals surface area contributed by atoms with Crippen LogP contribution < -0.4 is 10.1 Å². The predicted octanol–water partition coefficient (Wildman–Crippen LogP) is 4.71. The molecule has 0 aliphatic rings. The number of hydrogen-bond acceptors (Lipinski definition) is 3. The second-order valence-corrected chi connectivity index (χ2v) is 7.22. The van der Waals surface area contributed by atoms with Crippen molar-refractivity contribution in [3.05, 3.63) is 59.4 Å². The lowest BCUT2D eigenvalue weighted by atomic mass is 10.1. The van der Waals surface area contributed by atoms with E-state index in [4.69, 9.17) is 9.72 Å². The van der Waals surface area contributed by atoms with Crippen molar-refractivity contribution in [3.63, 3.8) is 0 Å². The summed E-state index contributed by atoms with van der Waals surface area (Å²) in [7, 11) is 0. The zero-order valence-corrected chi connectivity index (χ0v) is 17.2. The molecule has 3 aromatic rings. The van der Waals surface area contributed by atoms with E-state index in [1.165, 1.54) is 0 Å². The molecule has 0 aliphatic heterocycles. The third kappa shape index (κ3) is 4.35. The highest BCUT2D eigenvalue weighted by Gasteiger charge is 2.18. The van der Waals surface area contributed by atoms with E-state index in [0.29, 0.717) is 19.6 Å². The summed E-state index contributed by atoms with van der Waals surface area (Å²) in [6.07, 6.45) is 1.36. The van der Waals surface area contributed by atoms with Gasteiger partial charge in [-0.1, -0.05) is 37.3 Å². The van der Waals surface area contributed by atoms with Gasteiger partial charge in [-0.25, -0.2) is 4.98 Å². The number of rotatable bonds is 8. The number of nitrogens with zero attached hydrogens (tertiary/aromatic N) is 2. The van der Waals surface area contributed by atoms with E-state index in [9.17, 15) is 4.79 Å². The first kappa shape index (κ1) is 19.9. The van der Waals surface area contributed by atoms with E-state index >= 15 is 0 Å². The smallest absolute Gasteiger partial charge is 0.220 e. The van der Waals surface area contributed by atoms with Gasteiger partial charge in [-0.15, -0.1) is 0 Å². The summed E-state index contributed by atoms with van der Waals surface area (Å²) in [4.78, 5) is 16.8. The van der Waals surface area contributed by atoms with Crippen LogP contribution in [0.2, 0.25) is 0 Å². The molecule has 1 heterocycles. The van der Waals surface area contributed by atoms with Crippen LogP contribution >= 0.6 is 0 Å². The van der Waals surface area contributed by atoms with Gasteiger partial charge < -0.3 is 14.6 Å². The maximum Gasteiger partial charge on any atom is 0.220 e. The number of benzene rings is 2. The van der Waals surface area contributed by atoms with Gasteiger partial charge in [0.1, 0.15) is 18.2 Å². The molecule has 0 fully saturated rings. The minimum Gasteiger partial charge on any atom is -0.491 e. The molecule has 0 aliphatic carbocycles. The summed E-state index contributed by atoms with van der Waals surface area (Å²) in [5.74, 6) is 1.86. The van der Waals surface area contributed by atoms with Gasteiger partial charge in [0, 0.05) is 6.42 Å². The topological polar surface area (TPSA) is 56.2 Å². The van der Waals surface area contributed by atoms with Crippen molar-refractivity contribution in [1.82, 2.24) is 14.9 Å². The highest BCUT2D eigenvalue weighted by molar-refractivity contribution is 5.78. The van der Waals surface area contributed by atoms with Crippen LogP contribution in [-0.4, -0.2) is 22.1 Å². The molecule has 148 valence electrons. The first-order valence-electron chi connectivity index (χ1n) is 9.94. The lowest BCUT2D eigenvalue weighted by molar-refractivity contribution is -0.121. The maximum atomic E-state index is 12.1. The largest absolute Gasteiger partial charge is 0.491 e. The molecule has 0 saturated carbocycles. The molecule has 0 saturated heterocycles. The van der Waals surface area contributed by atoms with Gasteiger partial charge in [-0.2, -0.15) is 0 Å². The molecule has 5 heteroatoms. The van der Waals surface area contributed by atoms with Crippen molar-refractivity contribution in [2.45, 2.75) is 53.1 Å². The average molecular weight is 380 g/mol. The van der Waals surface area contributed by atoms with Crippen LogP contribution in [0.5, 0.6) is 5.75 Å². The lowest BCUT2D eigenvalue weighted by Gasteiger charge is -2.17. The Hall–Kier alpha value is -2.82. The molecule has 1 atom stereocenters. The molecule has 0 bridgehead atoms. The quantitative estimate of drug-likeness (QED) is 0.617. The molecule has 1 amide bonds. The number of amides is 1. The minimum absolute atomic E-state index is 0.0559. The van der Waals surface area contributed by atoms with Gasteiger partial charge in [0.05, 0.1) is 23.6 Å². The number of imidazole rings is 1. The number of ether oxygens (including phenoxy) is 1. The normalized spacial score (nSPS) is 12.1. The Balaban J connectivity index is 1.81. The third-order valence-corrected chi connectivity index (χ3v) is 4.90. The van der Waals surface area contributed by atoms with Crippen LogP contribution in [0.4, 0.5) is 0 Å². The Kier molecular flexibility index (Phi) is 6.34. The summed E-state index contributed by atoms with van der Waals surface area (Å²) in [6, 6.07) is 14.1. The summed E-state index contributed by atoms with van der Waals surface area (Å²) in [6.45, 7) is 9.31.